The van der Waals surface area contributed by atoms with Gasteiger partial charge in [0.15, 0.2) is 0 Å². The molecule has 0 saturated carbocycles. The van der Waals surface area contributed by atoms with Gasteiger partial charge in [-0.2, -0.15) is 23.8 Å². The second kappa shape index (κ2) is 16.8. The maximum Gasteiger partial charge on any atom is 3.00 e. The van der Waals surface area contributed by atoms with Crippen molar-refractivity contribution in [2.45, 2.75) is 92.5 Å². The van der Waals surface area contributed by atoms with E-state index < -0.39 is 19.9 Å². The summed E-state index contributed by atoms with van der Waals surface area (Å²) in [6.45, 7) is 21.7. The normalized spacial score (nSPS) is 14.9. The van der Waals surface area contributed by atoms with Crippen LogP contribution in [0.3, 0.4) is 0 Å². The first kappa shape index (κ1) is 38.8. The van der Waals surface area contributed by atoms with Gasteiger partial charge in [-0.15, -0.1) is 47.0 Å². The van der Waals surface area contributed by atoms with Crippen LogP contribution in [0.4, 0.5) is 17.1 Å². The largest absolute Gasteiger partial charge is 3.00 e. The van der Waals surface area contributed by atoms with Crippen LogP contribution in [-0.2, 0) is 26.5 Å². The molecule has 0 N–H and O–H groups in total. The standard InChI is InChI=1S/C31H28N2S.C19H26NSi.Ir/c1-19(2)22-11-9-12-23(20(3)4)30(22)33-27-14-7-6-13-26(27)32-31(33)21-16-17-29-25(18-21)24-10-5-8-15-28(24)34-29;1-19(2,3)13-16-12-17(15-10-8-7-9-11-15)20-14-18(16)21(4,5)6;/h5-15,17-20,31H,1-4H3;7-10,12,14H,13H2,1-6H3;/q-2;-1;+3/i;13D2;. The van der Waals surface area contributed by atoms with Gasteiger partial charge in [0.2, 0.25) is 0 Å². The quantitative estimate of drug-likeness (QED) is 0.118. The van der Waals surface area contributed by atoms with Gasteiger partial charge in [-0.25, -0.2) is 11.3 Å². The predicted octanol–water partition coefficient (Wildman–Crippen LogP) is 14.6. The van der Waals surface area contributed by atoms with E-state index in [2.05, 4.69) is 148 Å². The Labute approximate surface area is 356 Å². The number of pyridine rings is 1. The van der Waals surface area contributed by atoms with Crippen molar-refractivity contribution in [2.75, 3.05) is 4.90 Å². The molecule has 56 heavy (non-hydrogen) atoms. The monoisotopic (exact) mass is 951 g/mol. The number of benzene rings is 5. The summed E-state index contributed by atoms with van der Waals surface area (Å²) in [4.78, 5) is 7.07. The van der Waals surface area contributed by atoms with Crippen LogP contribution < -0.4 is 10.1 Å². The molecule has 288 valence electrons. The average Bonchev–Trinajstić information content (AvgIpc) is 3.75. The van der Waals surface area contributed by atoms with Crippen LogP contribution in [0.25, 0.3) is 36.7 Å². The first-order valence-corrected chi connectivity index (χ1v) is 23.8. The van der Waals surface area contributed by atoms with E-state index in [1.54, 1.807) is 0 Å². The van der Waals surface area contributed by atoms with E-state index in [1.807, 2.05) is 68.6 Å². The molecule has 0 radical (unpaired) electrons. The van der Waals surface area contributed by atoms with Crippen molar-refractivity contribution in [3.63, 3.8) is 0 Å². The predicted molar refractivity (Wildman–Crippen MR) is 242 cm³/mol. The average molecular weight is 951 g/mol. The third kappa shape index (κ3) is 8.75. The molecular weight excluding hydrogens is 895 g/mol. The van der Waals surface area contributed by atoms with Gasteiger partial charge in [-0.3, -0.25) is 0 Å². The SMILES string of the molecule is CC(C)c1cccc(C(C)C)c1N1c2ccccc2[N-]C1c1[c-]cc2sc3ccccc3c2c1.[2H]C([2H])(c1cc(-c2[c-]cccc2)ncc1[Si](C)(C)C)C(C)(C)C.[Ir+3]. The summed E-state index contributed by atoms with van der Waals surface area (Å²) in [5, 5.41) is 8.95. The second-order valence-corrected chi connectivity index (χ2v) is 23.4. The number of fused-ring (bicyclic) bond motifs is 4. The van der Waals surface area contributed by atoms with Crippen molar-refractivity contribution in [3.05, 3.63) is 155 Å². The number of thiophene rings is 1. The maximum absolute atomic E-state index is 8.75. The van der Waals surface area contributed by atoms with Crippen LogP contribution >= 0.6 is 11.3 Å². The van der Waals surface area contributed by atoms with Gasteiger partial charge in [-0.05, 0) is 69.3 Å². The summed E-state index contributed by atoms with van der Waals surface area (Å²) in [5.41, 5.74) is 9.35. The summed E-state index contributed by atoms with van der Waals surface area (Å²) in [7, 11) is -1.70. The van der Waals surface area contributed by atoms with Crippen molar-refractivity contribution in [1.82, 2.24) is 4.98 Å². The topological polar surface area (TPSA) is 30.2 Å². The molecule has 8 rings (SSSR count). The van der Waals surface area contributed by atoms with Crippen molar-refractivity contribution in [2.24, 2.45) is 5.41 Å². The Bertz CT molecular complexity index is 2510. The first-order valence-electron chi connectivity index (χ1n) is 20.5. The van der Waals surface area contributed by atoms with Gasteiger partial charge in [0, 0.05) is 25.0 Å². The molecular formula is C50H54IrN3SSi. The minimum atomic E-state index is -1.70. The summed E-state index contributed by atoms with van der Waals surface area (Å²) >= 11 is 1.83. The van der Waals surface area contributed by atoms with Crippen LogP contribution in [-0.4, -0.2) is 13.1 Å². The number of hydrogen-bond acceptors (Lipinski definition) is 3. The zero-order valence-electron chi connectivity index (χ0n) is 36.3. The van der Waals surface area contributed by atoms with Crippen LogP contribution in [0.15, 0.2) is 115 Å². The molecule has 0 amide bonds. The van der Waals surface area contributed by atoms with E-state index in [4.69, 9.17) is 8.06 Å². The van der Waals surface area contributed by atoms with Crippen LogP contribution in [0.1, 0.15) is 91.5 Å². The van der Waals surface area contributed by atoms with Gasteiger partial charge in [0.25, 0.3) is 0 Å². The van der Waals surface area contributed by atoms with E-state index in [-0.39, 0.29) is 26.3 Å². The molecule has 0 aliphatic carbocycles. The summed E-state index contributed by atoms with van der Waals surface area (Å²) in [6, 6.07) is 44.9. The fourth-order valence-corrected chi connectivity index (χ4v) is 9.90. The van der Waals surface area contributed by atoms with Crippen LogP contribution in [0.5, 0.6) is 0 Å². The number of anilines is 2. The van der Waals surface area contributed by atoms with Crippen molar-refractivity contribution in [1.29, 1.82) is 0 Å². The fourth-order valence-electron chi connectivity index (χ4n) is 7.44. The number of para-hydroxylation sites is 3. The number of aromatic nitrogens is 1. The molecule has 3 nitrogen and oxygen atoms in total. The molecule has 1 aliphatic heterocycles. The Morgan fingerprint density at radius 1 is 0.821 bits per heavy atom. The molecule has 0 spiro atoms. The molecule has 1 aliphatic rings. The molecule has 0 saturated heterocycles. The third-order valence-corrected chi connectivity index (χ3v) is 13.2. The molecule has 2 aromatic heterocycles. The van der Waals surface area contributed by atoms with E-state index in [9.17, 15) is 0 Å². The van der Waals surface area contributed by atoms with Crippen molar-refractivity contribution in [3.8, 4) is 11.3 Å². The smallest absolute Gasteiger partial charge is 0.661 e. The molecule has 6 heteroatoms. The number of nitrogens with zero attached hydrogens (tertiary/aromatic N) is 3. The number of hydrogen-bond donors (Lipinski definition) is 0. The molecule has 1 unspecified atom stereocenters. The Morgan fingerprint density at radius 3 is 2.16 bits per heavy atom. The molecule has 7 aromatic rings. The fraction of sp³-hybridized carbons (Fsp3) is 0.300. The summed E-state index contributed by atoms with van der Waals surface area (Å²) in [6.07, 6.45) is 0.328. The maximum atomic E-state index is 8.75. The van der Waals surface area contributed by atoms with Crippen molar-refractivity contribution >= 4 is 61.8 Å². The van der Waals surface area contributed by atoms with Gasteiger partial charge < -0.3 is 15.2 Å². The zero-order valence-corrected chi connectivity index (χ0v) is 38.5. The number of rotatable bonds is 7. The molecule has 5 aromatic carbocycles. The van der Waals surface area contributed by atoms with Crippen molar-refractivity contribution < 1.29 is 22.8 Å². The van der Waals surface area contributed by atoms with E-state index >= 15 is 0 Å². The second-order valence-electron chi connectivity index (χ2n) is 17.2. The Hall–Kier alpha value is -4.06. The summed E-state index contributed by atoms with van der Waals surface area (Å²) in [5.74, 6) is 0.823. The molecule has 3 heterocycles. The Morgan fingerprint density at radius 2 is 1.50 bits per heavy atom. The first-order chi connectivity index (χ1) is 27.0. The Kier molecular flexibility index (Phi) is 11.6. The van der Waals surface area contributed by atoms with E-state index in [0.29, 0.717) is 11.8 Å². The zero-order chi connectivity index (χ0) is 40.9. The van der Waals surface area contributed by atoms with Gasteiger partial charge in [0.05, 0.1) is 8.07 Å². The van der Waals surface area contributed by atoms with Gasteiger partial charge in [-0.1, -0.05) is 139 Å². The molecule has 0 fully saturated rings. The van der Waals surface area contributed by atoms with Crippen LogP contribution in [0, 0.1) is 17.5 Å². The van der Waals surface area contributed by atoms with E-state index in [0.717, 1.165) is 33.3 Å². The van der Waals surface area contributed by atoms with Gasteiger partial charge >= 0.3 is 20.1 Å². The Balaban J connectivity index is 0.000000208. The van der Waals surface area contributed by atoms with Crippen LogP contribution in [0.2, 0.25) is 19.6 Å². The minimum absolute atomic E-state index is 0. The summed E-state index contributed by atoms with van der Waals surface area (Å²) < 4.78 is 20.1. The van der Waals surface area contributed by atoms with E-state index in [1.165, 1.54) is 42.7 Å². The van der Waals surface area contributed by atoms with Gasteiger partial charge in [0.1, 0.15) is 0 Å². The third-order valence-electron chi connectivity index (χ3n) is 10.0. The minimum Gasteiger partial charge on any atom is -0.661 e. The molecule has 0 bridgehead atoms. The molecule has 1 atom stereocenters.